The molecule has 0 unspecified atom stereocenters. The van der Waals surface area contributed by atoms with Crippen molar-refractivity contribution in [3.8, 4) is 11.8 Å². The van der Waals surface area contributed by atoms with E-state index >= 15 is 0 Å². The number of hydrogen-bond acceptors (Lipinski definition) is 5. The van der Waals surface area contributed by atoms with Crippen molar-refractivity contribution in [2.75, 3.05) is 23.8 Å². The van der Waals surface area contributed by atoms with Crippen molar-refractivity contribution in [2.24, 2.45) is 0 Å². The minimum Gasteiger partial charge on any atom is -0.315 e. The molecule has 1 aliphatic rings. The lowest BCUT2D eigenvalue weighted by atomic mass is 9.68. The highest BCUT2D eigenvalue weighted by Gasteiger charge is 2.34. The number of carbonyl (C=O) groups is 2. The number of amides is 2. The molecular formula is C22H18B3N5O2. The first-order chi connectivity index (χ1) is 15.2. The Balaban J connectivity index is 1.98. The molecule has 2 amide bonds. The van der Waals surface area contributed by atoms with E-state index in [1.54, 1.807) is 49.2 Å². The van der Waals surface area contributed by atoms with Gasteiger partial charge in [0.05, 0.1) is 21.3 Å². The molecule has 0 saturated carbocycles. The van der Waals surface area contributed by atoms with E-state index in [0.717, 1.165) is 0 Å². The number of rotatable bonds is 5. The summed E-state index contributed by atoms with van der Waals surface area (Å²) < 4.78 is 0. The lowest BCUT2D eigenvalue weighted by Crippen LogP contribution is -2.47. The number of carbonyl (C=O) groups excluding carboxylic acids is 2. The van der Waals surface area contributed by atoms with Gasteiger partial charge in [-0.1, -0.05) is 29.7 Å². The van der Waals surface area contributed by atoms with Gasteiger partial charge in [0.1, 0.15) is 31.8 Å². The standard InChI is InChI=1S/C22H18B3N5O2/c1-4-5-13(2)10-19-29(3)21-15(7-8-16(27-21)20(24)25)22(32)30(19)12-18(31)28-17-9-6-14(23)11-26-17/h6-11,20H,2,12H2,1,3H3,(H,26,28,31)/b19-10+. The number of fused-ring (bicyclic) bond motifs is 1. The topological polar surface area (TPSA) is 78.4 Å². The predicted molar refractivity (Wildman–Crippen MR) is 127 cm³/mol. The van der Waals surface area contributed by atoms with E-state index in [0.29, 0.717) is 39.7 Å². The number of nitrogens with zero attached hydrogens (tertiary/aromatic N) is 4. The number of pyridine rings is 2. The zero-order valence-electron chi connectivity index (χ0n) is 17.8. The number of hydrogen-bond donors (Lipinski definition) is 1. The Bertz CT molecular complexity index is 1170. The Labute approximate surface area is 191 Å². The molecule has 0 saturated heterocycles. The molecule has 152 valence electrons. The molecule has 0 aliphatic carbocycles. The third-order valence-electron chi connectivity index (χ3n) is 4.60. The van der Waals surface area contributed by atoms with Gasteiger partial charge in [-0.25, -0.2) is 9.97 Å². The summed E-state index contributed by atoms with van der Waals surface area (Å²) in [6, 6.07) is 6.36. The molecule has 32 heavy (non-hydrogen) atoms. The highest BCUT2D eigenvalue weighted by Crippen LogP contribution is 2.31. The first-order valence-electron chi connectivity index (χ1n) is 9.63. The maximum absolute atomic E-state index is 13.3. The fraction of sp³-hybridized carbons (Fsp3) is 0.182. The van der Waals surface area contributed by atoms with Crippen LogP contribution in [-0.2, 0) is 4.79 Å². The summed E-state index contributed by atoms with van der Waals surface area (Å²) in [5.74, 6) is 5.80. The molecule has 1 N–H and O–H groups in total. The van der Waals surface area contributed by atoms with Gasteiger partial charge in [0.2, 0.25) is 5.91 Å². The smallest absolute Gasteiger partial charge is 0.263 e. The van der Waals surface area contributed by atoms with Crippen LogP contribution in [-0.4, -0.2) is 63.8 Å². The Morgan fingerprint density at radius 1 is 1.31 bits per heavy atom. The molecular weight excluding hydrogens is 399 g/mol. The van der Waals surface area contributed by atoms with Crippen LogP contribution in [0.2, 0.25) is 0 Å². The minimum absolute atomic E-state index is 0.272. The number of allylic oxidation sites excluding steroid dienone is 2. The van der Waals surface area contributed by atoms with Crippen LogP contribution in [0.15, 0.2) is 54.5 Å². The molecule has 7 nitrogen and oxygen atoms in total. The summed E-state index contributed by atoms with van der Waals surface area (Å²) in [6.45, 7) is 5.30. The zero-order valence-corrected chi connectivity index (χ0v) is 17.8. The highest BCUT2D eigenvalue weighted by atomic mass is 16.2. The molecule has 0 atom stereocenters. The van der Waals surface area contributed by atoms with Crippen LogP contribution >= 0.6 is 0 Å². The Morgan fingerprint density at radius 2 is 2.06 bits per heavy atom. The molecule has 2 aromatic rings. The zero-order chi connectivity index (χ0) is 23.4. The van der Waals surface area contributed by atoms with Crippen LogP contribution in [0.3, 0.4) is 0 Å². The predicted octanol–water partition coefficient (Wildman–Crippen LogP) is 0.558. The molecule has 0 spiro atoms. The normalized spacial score (nSPS) is 14.1. The van der Waals surface area contributed by atoms with Crippen LogP contribution in [0, 0.1) is 11.8 Å². The van der Waals surface area contributed by atoms with Crippen LogP contribution in [0.4, 0.5) is 11.6 Å². The lowest BCUT2D eigenvalue weighted by Gasteiger charge is -2.37. The third-order valence-corrected chi connectivity index (χ3v) is 4.60. The lowest BCUT2D eigenvalue weighted by molar-refractivity contribution is -0.116. The summed E-state index contributed by atoms with van der Waals surface area (Å²) in [4.78, 5) is 37.5. The monoisotopic (exact) mass is 417 g/mol. The van der Waals surface area contributed by atoms with Crippen molar-refractivity contribution < 1.29 is 9.59 Å². The largest absolute Gasteiger partial charge is 0.315 e. The van der Waals surface area contributed by atoms with Crippen molar-refractivity contribution in [3.63, 3.8) is 0 Å². The van der Waals surface area contributed by atoms with Gasteiger partial charge in [-0.3, -0.25) is 14.5 Å². The van der Waals surface area contributed by atoms with E-state index in [1.807, 2.05) is 0 Å². The van der Waals surface area contributed by atoms with E-state index in [9.17, 15) is 9.59 Å². The summed E-state index contributed by atoms with van der Waals surface area (Å²) >= 11 is 0. The van der Waals surface area contributed by atoms with Gasteiger partial charge in [-0.15, -0.1) is 5.92 Å². The second kappa shape index (κ2) is 9.61. The van der Waals surface area contributed by atoms with Crippen LogP contribution in [0.25, 0.3) is 0 Å². The Hall–Kier alpha value is -3.73. The van der Waals surface area contributed by atoms with Gasteiger partial charge >= 0.3 is 0 Å². The third kappa shape index (κ3) is 4.94. The quantitative estimate of drug-likeness (QED) is 0.569. The summed E-state index contributed by atoms with van der Waals surface area (Å²) in [5.41, 5.74) is 0.865. The molecule has 0 fully saturated rings. The SMILES string of the molecule is [B]c1ccc(NC(=O)CN2C(=O)c3ccc(C([B])[B])nc3N(C)/C2=C\C(=C)C#CC)nc1. The van der Waals surface area contributed by atoms with Gasteiger partial charge in [0.15, 0.2) is 0 Å². The Morgan fingerprint density at radius 3 is 2.69 bits per heavy atom. The van der Waals surface area contributed by atoms with E-state index in [-0.39, 0.29) is 6.54 Å². The molecule has 3 heterocycles. The summed E-state index contributed by atoms with van der Waals surface area (Å²) in [7, 11) is 18.8. The van der Waals surface area contributed by atoms with Gasteiger partial charge < -0.3 is 10.2 Å². The van der Waals surface area contributed by atoms with E-state index in [1.165, 1.54) is 11.1 Å². The first-order valence-corrected chi connectivity index (χ1v) is 9.63. The highest BCUT2D eigenvalue weighted by molar-refractivity contribution is 6.35. The molecule has 10 heteroatoms. The first kappa shape index (κ1) is 22.9. The molecule has 6 radical (unpaired) electrons. The summed E-state index contributed by atoms with van der Waals surface area (Å²) in [6.07, 6.45) is 3.04. The van der Waals surface area contributed by atoms with Crippen LogP contribution < -0.4 is 15.7 Å². The van der Waals surface area contributed by atoms with Gasteiger partial charge in [0, 0.05) is 24.5 Å². The van der Waals surface area contributed by atoms with Crippen molar-refractivity contribution >= 4 is 52.5 Å². The molecule has 1 aliphatic heterocycles. The Kier molecular flexibility index (Phi) is 6.89. The van der Waals surface area contributed by atoms with Gasteiger partial charge in [-0.05, 0) is 31.2 Å². The van der Waals surface area contributed by atoms with Gasteiger partial charge in [-0.2, -0.15) is 0 Å². The van der Waals surface area contributed by atoms with E-state index in [4.69, 9.17) is 23.5 Å². The minimum atomic E-state index is -0.798. The maximum Gasteiger partial charge on any atom is 0.263 e. The van der Waals surface area contributed by atoms with E-state index in [2.05, 4.69) is 33.7 Å². The fourth-order valence-corrected chi connectivity index (χ4v) is 3.10. The number of aromatic nitrogens is 2. The van der Waals surface area contributed by atoms with Crippen molar-refractivity contribution in [3.05, 3.63) is 65.8 Å². The van der Waals surface area contributed by atoms with Crippen molar-refractivity contribution in [1.29, 1.82) is 0 Å². The number of anilines is 2. The maximum atomic E-state index is 13.3. The molecule has 2 aromatic heterocycles. The molecule has 0 bridgehead atoms. The molecule has 3 rings (SSSR count). The fourth-order valence-electron chi connectivity index (χ4n) is 3.10. The van der Waals surface area contributed by atoms with Crippen molar-refractivity contribution in [2.45, 2.75) is 12.6 Å². The van der Waals surface area contributed by atoms with Gasteiger partial charge in [0.25, 0.3) is 5.91 Å². The molecule has 0 aromatic carbocycles. The van der Waals surface area contributed by atoms with Crippen LogP contribution in [0.1, 0.15) is 28.7 Å². The van der Waals surface area contributed by atoms with E-state index < -0.39 is 17.5 Å². The average Bonchev–Trinajstić information content (AvgIpc) is 2.75. The second-order valence-electron chi connectivity index (χ2n) is 7.01. The van der Waals surface area contributed by atoms with Crippen molar-refractivity contribution in [1.82, 2.24) is 14.9 Å². The second-order valence-corrected chi connectivity index (χ2v) is 7.01. The summed E-state index contributed by atoms with van der Waals surface area (Å²) in [5, 5.41) is 2.65. The van der Waals surface area contributed by atoms with Crippen LogP contribution in [0.5, 0.6) is 0 Å². The average molecular weight is 417 g/mol. The number of nitrogens with one attached hydrogen (secondary N) is 1.